The second-order valence-electron chi connectivity index (χ2n) is 5.10. The number of rotatable bonds is 3. The zero-order valence-corrected chi connectivity index (χ0v) is 11.0. The molecule has 0 heterocycles. The van der Waals surface area contributed by atoms with Crippen molar-refractivity contribution >= 4 is 17.5 Å². The van der Waals surface area contributed by atoms with Crippen LogP contribution in [0.2, 0.25) is 0 Å². The molecule has 0 fully saturated rings. The van der Waals surface area contributed by atoms with Crippen molar-refractivity contribution in [1.29, 1.82) is 5.26 Å². The normalized spacial score (nSPS) is 11.8. The summed E-state index contributed by atoms with van der Waals surface area (Å²) in [5, 5.41) is 19.7. The molecule has 19 heavy (non-hydrogen) atoms. The Hall–Kier alpha value is -2.48. The highest BCUT2D eigenvalue weighted by Gasteiger charge is 2.25. The fourth-order valence-corrected chi connectivity index (χ4v) is 1.45. The first-order valence-corrected chi connectivity index (χ1v) is 5.67. The Morgan fingerprint density at radius 2 is 2.05 bits per heavy atom. The number of benzene rings is 1. The van der Waals surface area contributed by atoms with E-state index in [9.17, 15) is 14.9 Å². The lowest BCUT2D eigenvalue weighted by Crippen LogP contribution is -2.21. The summed E-state index contributed by atoms with van der Waals surface area (Å²) in [5.74, 6) is -0.290. The van der Waals surface area contributed by atoms with E-state index in [2.05, 4.69) is 0 Å². The van der Waals surface area contributed by atoms with E-state index in [0.29, 0.717) is 5.56 Å². The predicted octanol–water partition coefficient (Wildman–Crippen LogP) is 3.12. The number of nitriles is 1. The monoisotopic (exact) mass is 258 g/mol. The van der Waals surface area contributed by atoms with Gasteiger partial charge in [0.05, 0.1) is 10.5 Å². The molecule has 0 saturated carbocycles. The van der Waals surface area contributed by atoms with Gasteiger partial charge in [0, 0.05) is 17.5 Å². The third kappa shape index (κ3) is 3.75. The van der Waals surface area contributed by atoms with E-state index in [4.69, 9.17) is 5.26 Å². The van der Waals surface area contributed by atoms with Crippen molar-refractivity contribution in [1.82, 2.24) is 0 Å². The Morgan fingerprint density at radius 1 is 1.42 bits per heavy atom. The predicted molar refractivity (Wildman–Crippen MR) is 71.1 cm³/mol. The van der Waals surface area contributed by atoms with Crippen LogP contribution in [0.25, 0.3) is 6.08 Å². The number of hydrogen-bond donors (Lipinski definition) is 0. The number of nitro groups is 1. The van der Waals surface area contributed by atoms with Crippen LogP contribution in [-0.2, 0) is 4.79 Å². The molecule has 5 heteroatoms. The molecule has 0 aliphatic heterocycles. The number of nitro benzene ring substituents is 1. The number of non-ortho nitro benzene ring substituents is 1. The molecular formula is C14H14N2O3. The molecule has 0 saturated heterocycles. The third-order valence-electron chi connectivity index (χ3n) is 2.44. The van der Waals surface area contributed by atoms with Crippen LogP contribution < -0.4 is 0 Å². The standard InChI is InChI=1S/C14H14N2O3/c1-14(2,3)13(17)11(9-15)7-10-5-4-6-12(8-10)16(18)19/h4-8H,1-3H3. The summed E-state index contributed by atoms with van der Waals surface area (Å²) in [6.45, 7) is 5.15. The first-order chi connectivity index (χ1) is 8.75. The Balaban J connectivity index is 3.20. The molecule has 1 aromatic rings. The molecule has 0 aromatic heterocycles. The van der Waals surface area contributed by atoms with E-state index in [1.807, 2.05) is 6.07 Å². The SMILES string of the molecule is CC(C)(C)C(=O)C(C#N)=Cc1cccc([N+](=O)[O-])c1. The van der Waals surface area contributed by atoms with Gasteiger partial charge >= 0.3 is 0 Å². The van der Waals surface area contributed by atoms with Crippen molar-refractivity contribution in [3.05, 3.63) is 45.5 Å². The number of hydrogen-bond acceptors (Lipinski definition) is 4. The highest BCUT2D eigenvalue weighted by Crippen LogP contribution is 2.22. The van der Waals surface area contributed by atoms with Crippen LogP contribution in [0, 0.1) is 26.9 Å². The minimum Gasteiger partial charge on any atom is -0.293 e. The molecule has 5 nitrogen and oxygen atoms in total. The van der Waals surface area contributed by atoms with Gasteiger partial charge in [0.25, 0.3) is 5.69 Å². The van der Waals surface area contributed by atoms with Crippen molar-refractivity contribution in [2.75, 3.05) is 0 Å². The largest absolute Gasteiger partial charge is 0.293 e. The van der Waals surface area contributed by atoms with Gasteiger partial charge in [-0.2, -0.15) is 5.26 Å². The van der Waals surface area contributed by atoms with Crippen LogP contribution in [0.15, 0.2) is 29.8 Å². The minimum absolute atomic E-state index is 0.00648. The molecule has 0 amide bonds. The zero-order chi connectivity index (χ0) is 14.6. The van der Waals surface area contributed by atoms with Gasteiger partial charge in [-0.1, -0.05) is 32.9 Å². The van der Waals surface area contributed by atoms with E-state index >= 15 is 0 Å². The summed E-state index contributed by atoms with van der Waals surface area (Å²) in [4.78, 5) is 22.1. The number of Topliss-reactive ketones (excluding diaryl/α,β-unsaturated/α-hetero) is 1. The Labute approximate surface area is 111 Å². The molecule has 1 rings (SSSR count). The summed E-state index contributed by atoms with van der Waals surface area (Å²) in [6, 6.07) is 7.66. The fourth-order valence-electron chi connectivity index (χ4n) is 1.45. The topological polar surface area (TPSA) is 84.0 Å². The van der Waals surface area contributed by atoms with Gasteiger partial charge in [0.15, 0.2) is 5.78 Å². The zero-order valence-electron chi connectivity index (χ0n) is 11.0. The average Bonchev–Trinajstić information content (AvgIpc) is 2.34. The van der Waals surface area contributed by atoms with Crippen molar-refractivity contribution in [3.8, 4) is 6.07 Å². The maximum absolute atomic E-state index is 12.0. The van der Waals surface area contributed by atoms with Crippen LogP contribution in [-0.4, -0.2) is 10.7 Å². The van der Waals surface area contributed by atoms with Gasteiger partial charge < -0.3 is 0 Å². The van der Waals surface area contributed by atoms with Gasteiger partial charge in [-0.05, 0) is 11.6 Å². The highest BCUT2D eigenvalue weighted by atomic mass is 16.6. The average molecular weight is 258 g/mol. The molecule has 0 aliphatic rings. The van der Waals surface area contributed by atoms with Crippen LogP contribution in [0.3, 0.4) is 0 Å². The minimum atomic E-state index is -0.664. The van der Waals surface area contributed by atoms with Crippen molar-refractivity contribution in [3.63, 3.8) is 0 Å². The quantitative estimate of drug-likeness (QED) is 0.361. The van der Waals surface area contributed by atoms with Gasteiger partial charge in [0.2, 0.25) is 0 Å². The molecule has 1 aromatic carbocycles. The molecule has 0 unspecified atom stereocenters. The Kier molecular flexibility index (Phi) is 4.18. The maximum atomic E-state index is 12.0. The number of carbonyl (C=O) groups is 1. The van der Waals surface area contributed by atoms with Crippen LogP contribution in [0.5, 0.6) is 0 Å². The smallest absolute Gasteiger partial charge is 0.270 e. The highest BCUT2D eigenvalue weighted by molar-refractivity contribution is 6.06. The van der Waals surface area contributed by atoms with Gasteiger partial charge in [-0.25, -0.2) is 0 Å². The Bertz CT molecular complexity index is 589. The first-order valence-electron chi connectivity index (χ1n) is 5.67. The van der Waals surface area contributed by atoms with Crippen LogP contribution in [0.1, 0.15) is 26.3 Å². The molecule has 0 spiro atoms. The Morgan fingerprint density at radius 3 is 2.53 bits per heavy atom. The van der Waals surface area contributed by atoms with E-state index in [1.165, 1.54) is 24.3 Å². The molecule has 0 N–H and O–H groups in total. The summed E-state index contributed by atoms with van der Waals surface area (Å²) >= 11 is 0. The maximum Gasteiger partial charge on any atom is 0.270 e. The van der Waals surface area contributed by atoms with Gasteiger partial charge in [0.1, 0.15) is 6.07 Å². The van der Waals surface area contributed by atoms with Crippen LogP contribution in [0.4, 0.5) is 5.69 Å². The second kappa shape index (κ2) is 5.44. The van der Waals surface area contributed by atoms with Crippen molar-refractivity contribution in [2.24, 2.45) is 5.41 Å². The lowest BCUT2D eigenvalue weighted by molar-refractivity contribution is -0.384. The van der Waals surface area contributed by atoms with Crippen molar-refractivity contribution in [2.45, 2.75) is 20.8 Å². The number of nitrogens with zero attached hydrogens (tertiary/aromatic N) is 2. The lowest BCUT2D eigenvalue weighted by Gasteiger charge is -2.15. The molecular weight excluding hydrogens is 244 g/mol. The number of ketones is 1. The van der Waals surface area contributed by atoms with Gasteiger partial charge in [-0.15, -0.1) is 0 Å². The van der Waals surface area contributed by atoms with E-state index in [0.717, 1.165) is 0 Å². The fraction of sp³-hybridized carbons (Fsp3) is 0.286. The summed E-state index contributed by atoms with van der Waals surface area (Å²) in [6.07, 6.45) is 1.38. The molecule has 0 atom stereocenters. The molecule has 0 bridgehead atoms. The number of allylic oxidation sites excluding steroid dienone is 1. The second-order valence-corrected chi connectivity index (χ2v) is 5.10. The van der Waals surface area contributed by atoms with E-state index < -0.39 is 10.3 Å². The number of carbonyl (C=O) groups excluding carboxylic acids is 1. The van der Waals surface area contributed by atoms with Crippen LogP contribution >= 0.6 is 0 Å². The van der Waals surface area contributed by atoms with Gasteiger partial charge in [-0.3, -0.25) is 14.9 Å². The van der Waals surface area contributed by atoms with E-state index in [1.54, 1.807) is 26.8 Å². The first kappa shape index (κ1) is 14.6. The summed E-state index contributed by atoms with van der Waals surface area (Å²) < 4.78 is 0. The molecule has 0 radical (unpaired) electrons. The molecule has 98 valence electrons. The van der Waals surface area contributed by atoms with Crippen molar-refractivity contribution < 1.29 is 9.72 Å². The van der Waals surface area contributed by atoms with E-state index in [-0.39, 0.29) is 17.0 Å². The summed E-state index contributed by atoms with van der Waals surface area (Å²) in [7, 11) is 0. The lowest BCUT2D eigenvalue weighted by atomic mass is 9.86. The summed E-state index contributed by atoms with van der Waals surface area (Å²) in [5.41, 5.74) is -0.284. The molecule has 0 aliphatic carbocycles. The third-order valence-corrected chi connectivity index (χ3v) is 2.44.